The second-order valence-electron chi connectivity index (χ2n) is 7.09. The van der Waals surface area contributed by atoms with Crippen molar-refractivity contribution in [1.82, 2.24) is 5.32 Å². The topological polar surface area (TPSA) is 86.8 Å². The molecule has 0 spiro atoms. The summed E-state index contributed by atoms with van der Waals surface area (Å²) in [6.07, 6.45) is 1.24. The highest BCUT2D eigenvalue weighted by atomic mass is 32.2. The fraction of sp³-hybridized carbons (Fsp3) is 0.136. The molecule has 4 rings (SSSR count). The molecule has 4 amide bonds. The summed E-state index contributed by atoms with van der Waals surface area (Å²) >= 11 is 5.91. The summed E-state index contributed by atoms with van der Waals surface area (Å²) in [7, 11) is 0. The van der Waals surface area contributed by atoms with Crippen molar-refractivity contribution < 1.29 is 19.2 Å². The standard InChI is InChI=1S/C22H17N3O4S2/c1-12-8-9-15(10-13(12)2)24-19(27)16(18(26)23-21(24)30)11-17-20(28)25(22(29)31-17)14-6-4-3-5-7-14/h3-11,16H,1-2H3,(H,23,26,30)/b17-11+/t16-/m0/s1. The Morgan fingerprint density at radius 3 is 2.32 bits per heavy atom. The molecule has 9 heteroatoms. The third-order valence-corrected chi connectivity index (χ3v) is 6.25. The highest BCUT2D eigenvalue weighted by molar-refractivity contribution is 8.18. The van der Waals surface area contributed by atoms with Gasteiger partial charge >= 0.3 is 0 Å². The SMILES string of the molecule is Cc1ccc(N2C(=O)[C@@H](/C=C3/SC(=O)N(c4ccccc4)C3=O)C(=O)NC2=S)cc1C. The van der Waals surface area contributed by atoms with Gasteiger partial charge in [0.2, 0.25) is 11.8 Å². The van der Waals surface area contributed by atoms with E-state index in [0.717, 1.165) is 16.0 Å². The van der Waals surface area contributed by atoms with E-state index in [2.05, 4.69) is 5.32 Å². The highest BCUT2D eigenvalue weighted by Crippen LogP contribution is 2.36. The van der Waals surface area contributed by atoms with E-state index in [1.807, 2.05) is 19.9 Å². The Balaban J connectivity index is 1.66. The van der Waals surface area contributed by atoms with Gasteiger partial charge in [-0.2, -0.15) is 0 Å². The zero-order valence-corrected chi connectivity index (χ0v) is 18.3. The number of rotatable bonds is 3. The number of nitrogens with zero attached hydrogens (tertiary/aromatic N) is 2. The van der Waals surface area contributed by atoms with Crippen molar-refractivity contribution in [2.45, 2.75) is 13.8 Å². The van der Waals surface area contributed by atoms with E-state index in [-0.39, 0.29) is 10.0 Å². The minimum Gasteiger partial charge on any atom is -0.301 e. The average Bonchev–Trinajstić information content (AvgIpc) is 3.01. The summed E-state index contributed by atoms with van der Waals surface area (Å²) in [6.45, 7) is 3.86. The number of hydrogen-bond acceptors (Lipinski definition) is 6. The van der Waals surface area contributed by atoms with Crippen LogP contribution in [-0.2, 0) is 14.4 Å². The molecule has 2 aliphatic rings. The van der Waals surface area contributed by atoms with Gasteiger partial charge in [-0.3, -0.25) is 24.1 Å². The molecule has 0 radical (unpaired) electrons. The first-order chi connectivity index (χ1) is 14.8. The summed E-state index contributed by atoms with van der Waals surface area (Å²) in [4.78, 5) is 53.3. The average molecular weight is 452 g/mol. The number of anilines is 2. The largest absolute Gasteiger partial charge is 0.301 e. The number of carbonyl (C=O) groups is 4. The number of thioether (sulfide) groups is 1. The third kappa shape index (κ3) is 3.77. The number of thiocarbonyl (C=S) groups is 1. The highest BCUT2D eigenvalue weighted by Gasteiger charge is 2.42. The van der Waals surface area contributed by atoms with Gasteiger partial charge in [0.1, 0.15) is 5.92 Å². The molecule has 0 aromatic heterocycles. The summed E-state index contributed by atoms with van der Waals surface area (Å²) in [5, 5.41) is 2.00. The quantitative estimate of drug-likeness (QED) is 0.437. The normalized spacial score (nSPS) is 20.6. The lowest BCUT2D eigenvalue weighted by Gasteiger charge is -2.31. The van der Waals surface area contributed by atoms with Crippen LogP contribution in [-0.4, -0.2) is 28.1 Å². The van der Waals surface area contributed by atoms with E-state index >= 15 is 0 Å². The molecule has 1 N–H and O–H groups in total. The van der Waals surface area contributed by atoms with Crippen molar-refractivity contribution in [3.05, 3.63) is 70.6 Å². The maximum Gasteiger partial charge on any atom is 0.298 e. The number of para-hydroxylation sites is 1. The molecule has 1 atom stereocenters. The molecule has 0 aliphatic carbocycles. The minimum atomic E-state index is -1.29. The van der Waals surface area contributed by atoms with Gasteiger partial charge in [-0.25, -0.2) is 4.90 Å². The number of nitrogens with one attached hydrogen (secondary N) is 1. The van der Waals surface area contributed by atoms with Crippen molar-refractivity contribution in [1.29, 1.82) is 0 Å². The number of amides is 4. The first-order valence-corrected chi connectivity index (χ1v) is 10.6. The summed E-state index contributed by atoms with van der Waals surface area (Å²) < 4.78 is 0. The predicted octanol–water partition coefficient (Wildman–Crippen LogP) is 3.45. The molecule has 31 heavy (non-hydrogen) atoms. The van der Waals surface area contributed by atoms with E-state index in [1.54, 1.807) is 42.5 Å². The van der Waals surface area contributed by atoms with Crippen LogP contribution in [0.2, 0.25) is 0 Å². The van der Waals surface area contributed by atoms with Gasteiger partial charge in [-0.15, -0.1) is 0 Å². The lowest BCUT2D eigenvalue weighted by molar-refractivity contribution is -0.131. The predicted molar refractivity (Wildman–Crippen MR) is 123 cm³/mol. The second-order valence-corrected chi connectivity index (χ2v) is 8.47. The van der Waals surface area contributed by atoms with Gasteiger partial charge < -0.3 is 5.32 Å². The Kier molecular flexibility index (Phi) is 5.47. The Morgan fingerprint density at radius 2 is 1.65 bits per heavy atom. The van der Waals surface area contributed by atoms with Crippen LogP contribution < -0.4 is 15.1 Å². The molecule has 2 saturated heterocycles. The smallest absolute Gasteiger partial charge is 0.298 e. The lowest BCUT2D eigenvalue weighted by Crippen LogP contribution is -2.57. The molecule has 2 heterocycles. The van der Waals surface area contributed by atoms with E-state index < -0.39 is 28.9 Å². The summed E-state index contributed by atoms with van der Waals surface area (Å²) in [5.41, 5.74) is 2.96. The van der Waals surface area contributed by atoms with Gasteiger partial charge in [0.15, 0.2) is 5.11 Å². The Bertz CT molecular complexity index is 1180. The zero-order chi connectivity index (χ0) is 22.3. The van der Waals surface area contributed by atoms with Crippen molar-refractivity contribution in [2.24, 2.45) is 5.92 Å². The van der Waals surface area contributed by atoms with Gasteiger partial charge in [0.25, 0.3) is 11.1 Å². The summed E-state index contributed by atoms with van der Waals surface area (Å²) in [5.74, 6) is -3.08. The van der Waals surface area contributed by atoms with Crippen LogP contribution in [0.3, 0.4) is 0 Å². The van der Waals surface area contributed by atoms with Crippen LogP contribution in [0.4, 0.5) is 16.2 Å². The Hall–Kier alpha value is -3.30. The number of imide groups is 1. The van der Waals surface area contributed by atoms with E-state index in [9.17, 15) is 19.2 Å². The molecule has 2 aliphatic heterocycles. The molecule has 0 saturated carbocycles. The monoisotopic (exact) mass is 451 g/mol. The van der Waals surface area contributed by atoms with Crippen LogP contribution in [0.1, 0.15) is 11.1 Å². The van der Waals surface area contributed by atoms with Gasteiger partial charge in [-0.1, -0.05) is 24.3 Å². The zero-order valence-electron chi connectivity index (χ0n) is 16.6. The molecular formula is C22H17N3O4S2. The maximum absolute atomic E-state index is 13.2. The third-order valence-electron chi connectivity index (χ3n) is 5.08. The molecule has 0 unspecified atom stereocenters. The van der Waals surface area contributed by atoms with Crippen LogP contribution in [0, 0.1) is 19.8 Å². The van der Waals surface area contributed by atoms with E-state index in [1.165, 1.54) is 11.0 Å². The molecule has 2 aromatic carbocycles. The van der Waals surface area contributed by atoms with Crippen LogP contribution in [0.25, 0.3) is 0 Å². The number of aryl methyl sites for hydroxylation is 2. The van der Waals surface area contributed by atoms with Crippen molar-refractivity contribution in [3.63, 3.8) is 0 Å². The second kappa shape index (κ2) is 8.09. The van der Waals surface area contributed by atoms with Crippen molar-refractivity contribution >= 4 is 63.4 Å². The van der Waals surface area contributed by atoms with E-state index in [0.29, 0.717) is 23.1 Å². The van der Waals surface area contributed by atoms with Crippen LogP contribution in [0.15, 0.2) is 59.5 Å². The first kappa shape index (κ1) is 21.0. The Labute approximate surface area is 188 Å². The van der Waals surface area contributed by atoms with Gasteiger partial charge in [0.05, 0.1) is 16.3 Å². The Morgan fingerprint density at radius 1 is 0.935 bits per heavy atom. The van der Waals surface area contributed by atoms with Crippen molar-refractivity contribution in [2.75, 3.05) is 9.80 Å². The first-order valence-electron chi connectivity index (χ1n) is 9.37. The molecule has 0 bridgehead atoms. The molecular weight excluding hydrogens is 434 g/mol. The summed E-state index contributed by atoms with van der Waals surface area (Å²) in [6, 6.07) is 13.9. The lowest BCUT2D eigenvalue weighted by atomic mass is 10.0. The number of hydrogen-bond donors (Lipinski definition) is 1. The van der Waals surface area contributed by atoms with Gasteiger partial charge in [-0.05, 0) is 79.3 Å². The van der Waals surface area contributed by atoms with Crippen LogP contribution in [0.5, 0.6) is 0 Å². The van der Waals surface area contributed by atoms with E-state index in [4.69, 9.17) is 12.2 Å². The molecule has 7 nitrogen and oxygen atoms in total. The number of benzene rings is 2. The number of carbonyl (C=O) groups excluding carboxylic acids is 4. The fourth-order valence-corrected chi connectivity index (χ4v) is 4.43. The minimum absolute atomic E-state index is 0.0233. The fourth-order valence-electron chi connectivity index (χ4n) is 3.28. The molecule has 2 fully saturated rings. The maximum atomic E-state index is 13.2. The molecule has 156 valence electrons. The van der Waals surface area contributed by atoms with Crippen molar-refractivity contribution in [3.8, 4) is 0 Å². The van der Waals surface area contributed by atoms with Crippen LogP contribution >= 0.6 is 24.0 Å². The molecule has 2 aromatic rings. The van der Waals surface area contributed by atoms with Gasteiger partial charge in [0, 0.05) is 0 Å².